The van der Waals surface area contributed by atoms with Crippen molar-refractivity contribution >= 4 is 0 Å². The molecule has 51 heavy (non-hydrogen) atoms. The Balaban J connectivity index is 1.06. The van der Waals surface area contributed by atoms with E-state index in [4.69, 9.17) is 4.74 Å². The van der Waals surface area contributed by atoms with Crippen molar-refractivity contribution in [1.82, 2.24) is 0 Å². The summed E-state index contributed by atoms with van der Waals surface area (Å²) in [6.45, 7) is 4.53. The molecule has 1 nitrogen and oxygen atoms in total. The number of unbranched alkanes of at least 4 members (excludes halogenated alkanes) is 2. The second-order valence-electron chi connectivity index (χ2n) is 18.2. The predicted octanol–water partition coefficient (Wildman–Crippen LogP) is 14.4. The Hall–Kier alpha value is -1.36. The zero-order chi connectivity index (χ0) is 36.0. The minimum atomic E-state index is -1.79. The van der Waals surface area contributed by atoms with Gasteiger partial charge in [-0.2, -0.15) is 0 Å². The molecule has 0 aromatic heterocycles. The molecule has 0 N–H and O–H groups in total. The molecule has 6 rings (SSSR count). The minimum Gasteiger partial charge on any atom is -0.379 e. The molecule has 288 valence electrons. The van der Waals surface area contributed by atoms with Crippen LogP contribution >= 0.6 is 0 Å². The van der Waals surface area contributed by atoms with E-state index in [2.05, 4.69) is 13.8 Å². The van der Waals surface area contributed by atoms with Crippen LogP contribution in [-0.4, -0.2) is 24.6 Å². The largest absolute Gasteiger partial charge is 0.379 e. The van der Waals surface area contributed by atoms with Crippen LogP contribution in [0.5, 0.6) is 0 Å². The fourth-order valence-corrected chi connectivity index (χ4v) is 12.2. The van der Waals surface area contributed by atoms with E-state index in [0.29, 0.717) is 0 Å². The van der Waals surface area contributed by atoms with Gasteiger partial charge in [-0.3, -0.25) is 0 Å². The van der Waals surface area contributed by atoms with Gasteiger partial charge in [0.15, 0.2) is 11.3 Å². The molecule has 4 atom stereocenters. The van der Waals surface area contributed by atoms with E-state index in [1.165, 1.54) is 76.4 Å². The molecule has 0 unspecified atom stereocenters. The number of alkyl halides is 2. The van der Waals surface area contributed by atoms with Gasteiger partial charge in [-0.05, 0) is 99.3 Å². The van der Waals surface area contributed by atoms with Crippen LogP contribution in [-0.2, 0) is 4.74 Å². The predicted molar refractivity (Wildman–Crippen MR) is 203 cm³/mol. The normalized spacial score (nSPS) is 38.2. The smallest absolute Gasteiger partial charge is 0.155 e. The second kappa shape index (κ2) is 17.4. The third kappa shape index (κ3) is 8.34. The maximum atomic E-state index is 17.2. The van der Waals surface area contributed by atoms with Crippen molar-refractivity contribution in [3.63, 3.8) is 0 Å². The highest BCUT2D eigenvalue weighted by Crippen LogP contribution is 2.60. The fourth-order valence-electron chi connectivity index (χ4n) is 12.2. The molecule has 0 aromatic rings. The van der Waals surface area contributed by atoms with E-state index in [-0.39, 0.29) is 25.0 Å². The van der Waals surface area contributed by atoms with Crippen LogP contribution in [0.4, 0.5) is 17.6 Å². The first kappa shape index (κ1) is 39.3. The van der Waals surface area contributed by atoms with Gasteiger partial charge in [0, 0.05) is 10.8 Å². The first-order chi connectivity index (χ1) is 24.7. The van der Waals surface area contributed by atoms with Crippen LogP contribution in [0.15, 0.2) is 48.1 Å². The number of hydrogen-bond donors (Lipinski definition) is 0. The molecule has 0 saturated heterocycles. The molecule has 6 aliphatic carbocycles. The molecular formula is C46H70F4O. The number of allylic oxidation sites excluding steroid dienone is 4. The van der Waals surface area contributed by atoms with Gasteiger partial charge in [-0.15, -0.1) is 0 Å². The minimum absolute atomic E-state index is 0.0219. The maximum Gasteiger partial charge on any atom is 0.155 e. The van der Waals surface area contributed by atoms with Gasteiger partial charge in [0.25, 0.3) is 0 Å². The second-order valence-corrected chi connectivity index (χ2v) is 18.2. The highest BCUT2D eigenvalue weighted by atomic mass is 19.2. The first-order valence-electron chi connectivity index (χ1n) is 21.8. The van der Waals surface area contributed by atoms with E-state index >= 15 is 17.6 Å². The topological polar surface area (TPSA) is 9.23 Å². The summed E-state index contributed by atoms with van der Waals surface area (Å²) in [4.78, 5) is 0. The molecule has 0 heterocycles. The SMILES string of the molecule is CCCC[C@H]1CC[C@H](C2([C@@]3(F)C=C[C@@H](COC[C@@H]4C=C[C@](F)(C5([C@H]6CC[C@H](CCCC)CC6)CCCCC5)C=C4F)C(F)=C3)CCCCC2)CC1. The molecule has 4 fully saturated rings. The summed E-state index contributed by atoms with van der Waals surface area (Å²) in [6.07, 6.45) is 35.2. The monoisotopic (exact) mass is 715 g/mol. The summed E-state index contributed by atoms with van der Waals surface area (Å²) in [5.41, 5.74) is -4.65. The van der Waals surface area contributed by atoms with Gasteiger partial charge in [0.1, 0.15) is 11.7 Å². The lowest BCUT2D eigenvalue weighted by Gasteiger charge is -2.53. The Bertz CT molecular complexity index is 1130. The maximum absolute atomic E-state index is 17.2. The van der Waals surface area contributed by atoms with Gasteiger partial charge in [0.2, 0.25) is 0 Å². The lowest BCUT2D eigenvalue weighted by atomic mass is 9.53. The van der Waals surface area contributed by atoms with Gasteiger partial charge in [0.05, 0.1) is 25.0 Å². The summed E-state index contributed by atoms with van der Waals surface area (Å²) in [7, 11) is 0. The Labute approximate surface area is 308 Å². The molecule has 0 aliphatic heterocycles. The van der Waals surface area contributed by atoms with Gasteiger partial charge >= 0.3 is 0 Å². The van der Waals surface area contributed by atoms with Crippen molar-refractivity contribution in [1.29, 1.82) is 0 Å². The number of halogens is 4. The van der Waals surface area contributed by atoms with Gasteiger partial charge in [-0.25, -0.2) is 17.6 Å². The van der Waals surface area contributed by atoms with Crippen LogP contribution in [0.2, 0.25) is 0 Å². The van der Waals surface area contributed by atoms with Crippen molar-refractivity contribution in [3.8, 4) is 0 Å². The summed E-state index contributed by atoms with van der Waals surface area (Å²) >= 11 is 0. The van der Waals surface area contributed by atoms with Crippen molar-refractivity contribution < 1.29 is 22.3 Å². The average molecular weight is 715 g/mol. The Morgan fingerprint density at radius 1 is 0.569 bits per heavy atom. The first-order valence-corrected chi connectivity index (χ1v) is 21.8. The molecule has 0 radical (unpaired) electrons. The third-order valence-corrected chi connectivity index (χ3v) is 15.3. The molecule has 4 saturated carbocycles. The Morgan fingerprint density at radius 3 is 1.27 bits per heavy atom. The summed E-state index contributed by atoms with van der Waals surface area (Å²) < 4.78 is 72.0. The van der Waals surface area contributed by atoms with Crippen molar-refractivity contribution in [2.75, 3.05) is 13.2 Å². The average Bonchev–Trinajstić information content (AvgIpc) is 3.16. The highest BCUT2D eigenvalue weighted by molar-refractivity contribution is 5.33. The lowest BCUT2D eigenvalue weighted by Crippen LogP contribution is -2.51. The molecule has 0 bridgehead atoms. The van der Waals surface area contributed by atoms with Gasteiger partial charge < -0.3 is 4.74 Å². The number of ether oxygens (including phenoxy) is 1. The van der Waals surface area contributed by atoms with Crippen molar-refractivity contribution in [3.05, 3.63) is 48.1 Å². The van der Waals surface area contributed by atoms with Crippen LogP contribution in [0.25, 0.3) is 0 Å². The van der Waals surface area contributed by atoms with Crippen LogP contribution in [0.3, 0.4) is 0 Å². The summed E-state index contributed by atoms with van der Waals surface area (Å²) in [5.74, 6) is -0.235. The highest BCUT2D eigenvalue weighted by Gasteiger charge is 2.57. The summed E-state index contributed by atoms with van der Waals surface area (Å²) in [5, 5.41) is 0. The van der Waals surface area contributed by atoms with Crippen molar-refractivity contribution in [2.24, 2.45) is 46.3 Å². The zero-order valence-corrected chi connectivity index (χ0v) is 32.2. The third-order valence-electron chi connectivity index (χ3n) is 15.3. The Kier molecular flexibility index (Phi) is 13.4. The molecule has 0 spiro atoms. The van der Waals surface area contributed by atoms with Crippen LogP contribution in [0, 0.1) is 46.3 Å². The number of hydrogen-bond acceptors (Lipinski definition) is 1. The molecule has 5 heteroatoms. The molecule has 6 aliphatic rings. The number of rotatable bonds is 14. The summed E-state index contributed by atoms with van der Waals surface area (Å²) in [6, 6.07) is 0. The van der Waals surface area contributed by atoms with Crippen LogP contribution in [0.1, 0.15) is 168 Å². The fraction of sp³-hybridized carbons (Fsp3) is 0.826. The lowest BCUT2D eigenvalue weighted by molar-refractivity contribution is -0.0445. The van der Waals surface area contributed by atoms with E-state index in [9.17, 15) is 0 Å². The molecule has 0 aromatic carbocycles. The standard InChI is InChI=1S/C46H70F4O/c1-3-5-13-35-15-19-39(20-16-35)43(25-9-7-10-26-43)45(49)29-23-37(41(47)31-45)33-51-34-38-24-30-46(50,32-42(38)48)44(27-11-8-12-28-44)40-21-17-36(18-22-40)14-6-4-2/h23-24,29-32,35-40H,3-22,25-28,33-34H2,1-2H3/t35-,36-,37-,38-,39-,40-,45+,46+/m0/s1. The van der Waals surface area contributed by atoms with Crippen molar-refractivity contribution in [2.45, 2.75) is 179 Å². The quantitative estimate of drug-likeness (QED) is 0.129. The van der Waals surface area contributed by atoms with E-state index in [0.717, 1.165) is 102 Å². The van der Waals surface area contributed by atoms with Crippen LogP contribution < -0.4 is 0 Å². The molecule has 0 amide bonds. The molecular weight excluding hydrogens is 644 g/mol. The zero-order valence-electron chi connectivity index (χ0n) is 32.2. The Morgan fingerprint density at radius 2 is 0.941 bits per heavy atom. The van der Waals surface area contributed by atoms with E-state index < -0.39 is 45.7 Å². The van der Waals surface area contributed by atoms with E-state index in [1.807, 2.05) is 0 Å². The van der Waals surface area contributed by atoms with E-state index in [1.54, 1.807) is 24.3 Å². The van der Waals surface area contributed by atoms with Gasteiger partial charge in [-0.1, -0.05) is 129 Å².